The summed E-state index contributed by atoms with van der Waals surface area (Å²) in [5.74, 6) is 0.816. The zero-order valence-corrected chi connectivity index (χ0v) is 9.63. The largest absolute Gasteiger partial charge is 0.312 e. The molecule has 2 nitrogen and oxygen atoms in total. The second-order valence-corrected chi connectivity index (χ2v) is 5.37. The van der Waals surface area contributed by atoms with Gasteiger partial charge in [0.2, 0.25) is 0 Å². The molecule has 2 fully saturated rings. The molecule has 0 aromatic rings. The fourth-order valence-electron chi connectivity index (χ4n) is 2.43. The molecular formula is C12H24N2. The lowest BCUT2D eigenvalue weighted by atomic mass is 10.1. The van der Waals surface area contributed by atoms with Gasteiger partial charge in [-0.15, -0.1) is 0 Å². The zero-order chi connectivity index (χ0) is 9.97. The summed E-state index contributed by atoms with van der Waals surface area (Å²) in [6, 6.07) is 1.70. The molecule has 2 aliphatic rings. The van der Waals surface area contributed by atoms with Gasteiger partial charge in [0.05, 0.1) is 0 Å². The molecule has 14 heavy (non-hydrogen) atoms. The standard InChI is InChI=1S/C12H24N2/c1-10(2)9-14-7-3-4-12(14)8-13-11-5-6-11/h10-13H,3-9H2,1-2H3. The molecule has 0 bridgehead atoms. The fourth-order valence-corrected chi connectivity index (χ4v) is 2.43. The zero-order valence-electron chi connectivity index (χ0n) is 9.63. The molecular weight excluding hydrogens is 172 g/mol. The molecule has 1 N–H and O–H groups in total. The van der Waals surface area contributed by atoms with Gasteiger partial charge < -0.3 is 5.32 Å². The predicted octanol–water partition coefficient (Wildman–Crippen LogP) is 1.86. The highest BCUT2D eigenvalue weighted by atomic mass is 15.2. The van der Waals surface area contributed by atoms with E-state index in [-0.39, 0.29) is 0 Å². The van der Waals surface area contributed by atoms with Crippen LogP contribution in [0.5, 0.6) is 0 Å². The molecule has 1 aliphatic heterocycles. The van der Waals surface area contributed by atoms with Crippen LogP contribution in [0.4, 0.5) is 0 Å². The van der Waals surface area contributed by atoms with E-state index in [4.69, 9.17) is 0 Å². The maximum atomic E-state index is 3.66. The van der Waals surface area contributed by atoms with Gasteiger partial charge in [0.15, 0.2) is 0 Å². The molecule has 0 radical (unpaired) electrons. The number of hydrogen-bond acceptors (Lipinski definition) is 2. The van der Waals surface area contributed by atoms with Crippen LogP contribution in [0, 0.1) is 5.92 Å². The van der Waals surface area contributed by atoms with Crippen LogP contribution in [-0.2, 0) is 0 Å². The Morgan fingerprint density at radius 2 is 2.07 bits per heavy atom. The van der Waals surface area contributed by atoms with Crippen molar-refractivity contribution < 1.29 is 0 Å². The lowest BCUT2D eigenvalue weighted by molar-refractivity contribution is 0.221. The third-order valence-electron chi connectivity index (χ3n) is 3.32. The molecule has 1 heterocycles. The van der Waals surface area contributed by atoms with Crippen molar-refractivity contribution in [1.29, 1.82) is 0 Å². The minimum Gasteiger partial charge on any atom is -0.312 e. The van der Waals surface area contributed by atoms with Crippen LogP contribution in [0.2, 0.25) is 0 Å². The van der Waals surface area contributed by atoms with Crippen LogP contribution in [0.3, 0.4) is 0 Å². The molecule has 0 spiro atoms. The first-order valence-corrected chi connectivity index (χ1v) is 6.23. The quantitative estimate of drug-likeness (QED) is 0.722. The highest BCUT2D eigenvalue weighted by molar-refractivity contribution is 4.86. The average molecular weight is 196 g/mol. The van der Waals surface area contributed by atoms with Gasteiger partial charge >= 0.3 is 0 Å². The molecule has 1 unspecified atom stereocenters. The molecule has 1 saturated heterocycles. The van der Waals surface area contributed by atoms with Gasteiger partial charge in [-0.2, -0.15) is 0 Å². The number of rotatable bonds is 5. The van der Waals surface area contributed by atoms with Crippen molar-refractivity contribution in [1.82, 2.24) is 10.2 Å². The van der Waals surface area contributed by atoms with Gasteiger partial charge in [-0.05, 0) is 38.1 Å². The monoisotopic (exact) mass is 196 g/mol. The summed E-state index contributed by atoms with van der Waals surface area (Å²) < 4.78 is 0. The van der Waals surface area contributed by atoms with E-state index < -0.39 is 0 Å². The average Bonchev–Trinajstić information content (AvgIpc) is 2.85. The molecule has 0 aromatic heterocycles. The Bertz CT molecular complexity index is 175. The first kappa shape index (κ1) is 10.4. The van der Waals surface area contributed by atoms with Crippen molar-refractivity contribution >= 4 is 0 Å². The molecule has 2 rings (SSSR count). The van der Waals surface area contributed by atoms with Crippen molar-refractivity contribution in [2.24, 2.45) is 5.92 Å². The molecule has 0 amide bonds. The summed E-state index contributed by atoms with van der Waals surface area (Å²) in [5.41, 5.74) is 0. The molecule has 1 atom stereocenters. The van der Waals surface area contributed by atoms with Gasteiger partial charge in [-0.3, -0.25) is 4.90 Å². The van der Waals surface area contributed by atoms with Crippen molar-refractivity contribution in [3.05, 3.63) is 0 Å². The first-order valence-electron chi connectivity index (χ1n) is 6.23. The predicted molar refractivity (Wildman–Crippen MR) is 60.5 cm³/mol. The minimum atomic E-state index is 0.816. The van der Waals surface area contributed by atoms with Crippen LogP contribution in [0.15, 0.2) is 0 Å². The SMILES string of the molecule is CC(C)CN1CCCC1CNC1CC1. The maximum absolute atomic E-state index is 3.66. The van der Waals surface area contributed by atoms with Gasteiger partial charge in [-0.25, -0.2) is 0 Å². The van der Waals surface area contributed by atoms with Crippen molar-refractivity contribution in [2.45, 2.75) is 51.6 Å². The first-order chi connectivity index (χ1) is 6.75. The van der Waals surface area contributed by atoms with Crippen LogP contribution in [0.1, 0.15) is 39.5 Å². The van der Waals surface area contributed by atoms with E-state index >= 15 is 0 Å². The fraction of sp³-hybridized carbons (Fsp3) is 1.00. The van der Waals surface area contributed by atoms with E-state index in [9.17, 15) is 0 Å². The van der Waals surface area contributed by atoms with Gasteiger partial charge in [0, 0.05) is 25.2 Å². The van der Waals surface area contributed by atoms with Crippen molar-refractivity contribution in [3.8, 4) is 0 Å². The number of likely N-dealkylation sites (tertiary alicyclic amines) is 1. The summed E-state index contributed by atoms with van der Waals surface area (Å²) in [5, 5.41) is 3.66. The topological polar surface area (TPSA) is 15.3 Å². The van der Waals surface area contributed by atoms with E-state index in [1.165, 1.54) is 45.3 Å². The highest BCUT2D eigenvalue weighted by Crippen LogP contribution is 2.22. The Morgan fingerprint density at radius 1 is 1.29 bits per heavy atom. The van der Waals surface area contributed by atoms with Crippen LogP contribution >= 0.6 is 0 Å². The van der Waals surface area contributed by atoms with Gasteiger partial charge in [-0.1, -0.05) is 13.8 Å². The lowest BCUT2D eigenvalue weighted by Gasteiger charge is -2.26. The number of nitrogens with zero attached hydrogens (tertiary/aromatic N) is 1. The highest BCUT2D eigenvalue weighted by Gasteiger charge is 2.27. The van der Waals surface area contributed by atoms with Crippen LogP contribution in [0.25, 0.3) is 0 Å². The smallest absolute Gasteiger partial charge is 0.0221 e. The Labute approximate surface area is 88.1 Å². The lowest BCUT2D eigenvalue weighted by Crippen LogP contribution is -2.40. The Hall–Kier alpha value is -0.0800. The van der Waals surface area contributed by atoms with Crippen LogP contribution < -0.4 is 5.32 Å². The molecule has 1 aliphatic carbocycles. The third-order valence-corrected chi connectivity index (χ3v) is 3.32. The summed E-state index contributed by atoms with van der Waals surface area (Å²) >= 11 is 0. The Kier molecular flexibility index (Phi) is 3.45. The summed E-state index contributed by atoms with van der Waals surface area (Å²) in [6.45, 7) is 8.50. The van der Waals surface area contributed by atoms with Gasteiger partial charge in [0.25, 0.3) is 0 Å². The normalized spacial score (nSPS) is 28.9. The molecule has 0 aromatic carbocycles. The molecule has 1 saturated carbocycles. The van der Waals surface area contributed by atoms with E-state index in [0.29, 0.717) is 0 Å². The van der Waals surface area contributed by atoms with Crippen molar-refractivity contribution in [2.75, 3.05) is 19.6 Å². The van der Waals surface area contributed by atoms with E-state index in [1.54, 1.807) is 0 Å². The van der Waals surface area contributed by atoms with Crippen molar-refractivity contribution in [3.63, 3.8) is 0 Å². The minimum absolute atomic E-state index is 0.816. The summed E-state index contributed by atoms with van der Waals surface area (Å²) in [4.78, 5) is 2.68. The van der Waals surface area contributed by atoms with E-state index in [1.807, 2.05) is 0 Å². The third kappa shape index (κ3) is 2.96. The van der Waals surface area contributed by atoms with Crippen LogP contribution in [-0.4, -0.2) is 36.6 Å². The number of hydrogen-bond donors (Lipinski definition) is 1. The Morgan fingerprint density at radius 3 is 2.71 bits per heavy atom. The molecule has 82 valence electrons. The van der Waals surface area contributed by atoms with E-state index in [2.05, 4.69) is 24.1 Å². The second kappa shape index (κ2) is 4.63. The maximum Gasteiger partial charge on any atom is 0.0221 e. The summed E-state index contributed by atoms with van der Waals surface area (Å²) in [7, 11) is 0. The Balaban J connectivity index is 1.71. The van der Waals surface area contributed by atoms with E-state index in [0.717, 1.165) is 18.0 Å². The summed E-state index contributed by atoms with van der Waals surface area (Å²) in [6.07, 6.45) is 5.64. The molecule has 2 heteroatoms. The number of nitrogens with one attached hydrogen (secondary N) is 1. The second-order valence-electron chi connectivity index (χ2n) is 5.37. The van der Waals surface area contributed by atoms with Gasteiger partial charge in [0.1, 0.15) is 0 Å².